The van der Waals surface area contributed by atoms with Crippen molar-refractivity contribution >= 4 is 17.5 Å². The van der Waals surface area contributed by atoms with Crippen LogP contribution in [0, 0.1) is 0 Å². The Morgan fingerprint density at radius 3 is 2.76 bits per heavy atom. The van der Waals surface area contributed by atoms with Crippen molar-refractivity contribution in [3.05, 3.63) is 71.0 Å². The predicted octanol–water partition coefficient (Wildman–Crippen LogP) is 4.23. The Labute approximate surface area is 151 Å². The van der Waals surface area contributed by atoms with Crippen molar-refractivity contribution in [2.24, 2.45) is 0 Å². The van der Waals surface area contributed by atoms with E-state index in [4.69, 9.17) is 16.3 Å². The Hall–Kier alpha value is -2.79. The van der Waals surface area contributed by atoms with Gasteiger partial charge in [-0.25, -0.2) is 0 Å². The van der Waals surface area contributed by atoms with Gasteiger partial charge in [0, 0.05) is 27.9 Å². The summed E-state index contributed by atoms with van der Waals surface area (Å²) in [5.41, 5.74) is 3.16. The molecule has 25 heavy (non-hydrogen) atoms. The number of ether oxygens (including phenoxy) is 1. The van der Waals surface area contributed by atoms with Crippen LogP contribution in [0.3, 0.4) is 0 Å². The Bertz CT molecular complexity index is 878. The Morgan fingerprint density at radius 1 is 1.28 bits per heavy atom. The van der Waals surface area contributed by atoms with E-state index in [9.17, 15) is 4.79 Å². The smallest absolute Gasteiger partial charge is 0.251 e. The van der Waals surface area contributed by atoms with Crippen LogP contribution in [-0.2, 0) is 0 Å². The molecule has 128 valence electrons. The highest BCUT2D eigenvalue weighted by Gasteiger charge is 2.16. The molecule has 3 aromatic rings. The van der Waals surface area contributed by atoms with E-state index in [1.165, 1.54) is 0 Å². The van der Waals surface area contributed by atoms with Gasteiger partial charge in [0.05, 0.1) is 19.3 Å². The summed E-state index contributed by atoms with van der Waals surface area (Å²) in [6.07, 6.45) is 3.48. The predicted molar refractivity (Wildman–Crippen MR) is 97.9 cm³/mol. The summed E-state index contributed by atoms with van der Waals surface area (Å²) in [7, 11) is 1.58. The molecular formula is C19H18ClN3O2. The number of H-pyrrole nitrogens is 1. The van der Waals surface area contributed by atoms with Crippen molar-refractivity contribution in [2.75, 3.05) is 7.11 Å². The van der Waals surface area contributed by atoms with E-state index in [2.05, 4.69) is 15.5 Å². The van der Waals surface area contributed by atoms with Crippen LogP contribution in [0.1, 0.15) is 28.9 Å². The van der Waals surface area contributed by atoms with Crippen molar-refractivity contribution in [1.82, 2.24) is 15.5 Å². The number of hydrogen-bond donors (Lipinski definition) is 2. The molecule has 0 radical (unpaired) electrons. The van der Waals surface area contributed by atoms with Gasteiger partial charge in [-0.15, -0.1) is 0 Å². The maximum atomic E-state index is 12.6. The van der Waals surface area contributed by atoms with Gasteiger partial charge >= 0.3 is 0 Å². The van der Waals surface area contributed by atoms with E-state index in [1.807, 2.05) is 37.3 Å². The van der Waals surface area contributed by atoms with Crippen LogP contribution < -0.4 is 10.1 Å². The third-order valence-electron chi connectivity index (χ3n) is 3.99. The molecule has 0 saturated heterocycles. The maximum absolute atomic E-state index is 12.6. The first-order valence-corrected chi connectivity index (χ1v) is 8.20. The van der Waals surface area contributed by atoms with Gasteiger partial charge in [0.15, 0.2) is 0 Å². The van der Waals surface area contributed by atoms with Gasteiger partial charge in [0.2, 0.25) is 0 Å². The van der Waals surface area contributed by atoms with Gasteiger partial charge in [-0.1, -0.05) is 29.8 Å². The molecule has 0 aliphatic rings. The summed E-state index contributed by atoms with van der Waals surface area (Å²) in [6, 6.07) is 12.6. The number of rotatable bonds is 5. The van der Waals surface area contributed by atoms with Crippen LogP contribution in [0.4, 0.5) is 0 Å². The highest BCUT2D eigenvalue weighted by atomic mass is 35.5. The number of nitrogens with zero attached hydrogens (tertiary/aromatic N) is 1. The standard InChI is InChI=1S/C19H18ClN3O2/c1-12(15-5-3-4-6-17(15)20)23-19(24)13-7-8-16(18(9-13)25-2)14-10-21-22-11-14/h3-12H,1-2H3,(H,21,22)(H,23,24). The minimum absolute atomic E-state index is 0.190. The minimum atomic E-state index is -0.208. The van der Waals surface area contributed by atoms with Crippen molar-refractivity contribution in [1.29, 1.82) is 0 Å². The first-order valence-electron chi connectivity index (χ1n) is 7.82. The molecule has 2 N–H and O–H groups in total. The molecule has 1 aromatic heterocycles. The van der Waals surface area contributed by atoms with Crippen molar-refractivity contribution in [2.45, 2.75) is 13.0 Å². The second kappa shape index (κ2) is 7.40. The number of carbonyl (C=O) groups excluding carboxylic acids is 1. The zero-order valence-corrected chi connectivity index (χ0v) is 14.7. The Morgan fingerprint density at radius 2 is 2.08 bits per heavy atom. The average Bonchev–Trinajstić information content (AvgIpc) is 3.15. The number of carbonyl (C=O) groups is 1. The SMILES string of the molecule is COc1cc(C(=O)NC(C)c2ccccc2Cl)ccc1-c1cn[nH]c1. The number of aromatic amines is 1. The quantitative estimate of drug-likeness (QED) is 0.719. The lowest BCUT2D eigenvalue weighted by molar-refractivity contribution is 0.0939. The number of methoxy groups -OCH3 is 1. The zero-order valence-electron chi connectivity index (χ0n) is 13.9. The molecule has 3 rings (SSSR count). The van der Waals surface area contributed by atoms with E-state index in [0.717, 1.165) is 16.7 Å². The minimum Gasteiger partial charge on any atom is -0.496 e. The second-order valence-corrected chi connectivity index (χ2v) is 6.03. The van der Waals surface area contributed by atoms with Gasteiger partial charge < -0.3 is 10.1 Å². The molecule has 1 atom stereocenters. The largest absolute Gasteiger partial charge is 0.496 e. The second-order valence-electron chi connectivity index (χ2n) is 5.62. The van der Waals surface area contributed by atoms with Gasteiger partial charge in [-0.05, 0) is 36.8 Å². The highest BCUT2D eigenvalue weighted by molar-refractivity contribution is 6.31. The number of hydrogen-bond acceptors (Lipinski definition) is 3. The van der Waals surface area contributed by atoms with Crippen molar-refractivity contribution < 1.29 is 9.53 Å². The molecule has 1 heterocycles. The first-order chi connectivity index (χ1) is 12.1. The molecule has 1 unspecified atom stereocenters. The van der Waals surface area contributed by atoms with Crippen LogP contribution >= 0.6 is 11.6 Å². The molecular weight excluding hydrogens is 338 g/mol. The fourth-order valence-electron chi connectivity index (χ4n) is 2.65. The van der Waals surface area contributed by atoms with E-state index in [0.29, 0.717) is 16.3 Å². The normalized spacial score (nSPS) is 11.8. The molecule has 0 bridgehead atoms. The van der Waals surface area contributed by atoms with Gasteiger partial charge in [-0.2, -0.15) is 5.10 Å². The molecule has 0 saturated carbocycles. The topological polar surface area (TPSA) is 67.0 Å². The molecule has 0 aliphatic heterocycles. The van der Waals surface area contributed by atoms with E-state index in [-0.39, 0.29) is 11.9 Å². The molecule has 0 aliphatic carbocycles. The average molecular weight is 356 g/mol. The summed E-state index contributed by atoms with van der Waals surface area (Å²) in [6.45, 7) is 1.90. The zero-order chi connectivity index (χ0) is 17.8. The number of aromatic nitrogens is 2. The van der Waals surface area contributed by atoms with Gasteiger partial charge in [0.1, 0.15) is 5.75 Å². The number of halogens is 1. The van der Waals surface area contributed by atoms with E-state index >= 15 is 0 Å². The summed E-state index contributed by atoms with van der Waals surface area (Å²) >= 11 is 6.19. The van der Waals surface area contributed by atoms with Crippen molar-refractivity contribution in [3.8, 4) is 16.9 Å². The van der Waals surface area contributed by atoms with Gasteiger partial charge in [0.25, 0.3) is 5.91 Å². The lowest BCUT2D eigenvalue weighted by atomic mass is 10.0. The number of nitrogens with one attached hydrogen (secondary N) is 2. The number of benzene rings is 2. The monoisotopic (exact) mass is 355 g/mol. The Balaban J connectivity index is 1.82. The third-order valence-corrected chi connectivity index (χ3v) is 4.34. The third kappa shape index (κ3) is 3.67. The molecule has 0 fully saturated rings. The van der Waals surface area contributed by atoms with Crippen LogP contribution in [0.5, 0.6) is 5.75 Å². The summed E-state index contributed by atoms with van der Waals surface area (Å²) < 4.78 is 5.43. The first kappa shape index (κ1) is 17.0. The highest BCUT2D eigenvalue weighted by Crippen LogP contribution is 2.30. The fourth-order valence-corrected chi connectivity index (χ4v) is 2.95. The van der Waals surface area contributed by atoms with Gasteiger partial charge in [-0.3, -0.25) is 9.89 Å². The molecule has 6 heteroatoms. The summed E-state index contributed by atoms with van der Waals surface area (Å²) in [5.74, 6) is 0.420. The van der Waals surface area contributed by atoms with Crippen LogP contribution in [0.2, 0.25) is 5.02 Å². The molecule has 1 amide bonds. The lowest BCUT2D eigenvalue weighted by Gasteiger charge is -2.16. The van der Waals surface area contributed by atoms with E-state index in [1.54, 1.807) is 31.6 Å². The van der Waals surface area contributed by atoms with E-state index < -0.39 is 0 Å². The maximum Gasteiger partial charge on any atom is 0.251 e. The molecule has 5 nitrogen and oxygen atoms in total. The molecule has 0 spiro atoms. The van der Waals surface area contributed by atoms with Crippen LogP contribution in [-0.4, -0.2) is 23.2 Å². The number of amides is 1. The fraction of sp³-hybridized carbons (Fsp3) is 0.158. The van der Waals surface area contributed by atoms with Crippen molar-refractivity contribution in [3.63, 3.8) is 0 Å². The summed E-state index contributed by atoms with van der Waals surface area (Å²) in [5, 5.41) is 10.3. The summed E-state index contributed by atoms with van der Waals surface area (Å²) in [4.78, 5) is 12.6. The lowest BCUT2D eigenvalue weighted by Crippen LogP contribution is -2.26. The van der Waals surface area contributed by atoms with Crippen LogP contribution in [0.15, 0.2) is 54.9 Å². The molecule has 2 aromatic carbocycles. The Kier molecular flexibility index (Phi) is 5.05. The van der Waals surface area contributed by atoms with Crippen LogP contribution in [0.25, 0.3) is 11.1 Å².